The van der Waals surface area contributed by atoms with Crippen molar-refractivity contribution in [1.29, 1.82) is 0 Å². The van der Waals surface area contributed by atoms with Crippen molar-refractivity contribution in [2.45, 2.75) is 25.8 Å². The molecule has 1 aliphatic rings. The van der Waals surface area contributed by atoms with Crippen LogP contribution >= 0.6 is 0 Å². The zero-order valence-corrected chi connectivity index (χ0v) is 18.8. The number of halogens is 1. The lowest BCUT2D eigenvalue weighted by Crippen LogP contribution is -2.37. The third-order valence-electron chi connectivity index (χ3n) is 4.89. The molecule has 0 amide bonds. The molecule has 1 heterocycles. The van der Waals surface area contributed by atoms with Crippen LogP contribution in [-0.2, 0) is 28.7 Å². The van der Waals surface area contributed by atoms with Gasteiger partial charge in [0.15, 0.2) is 15.8 Å². The van der Waals surface area contributed by atoms with Gasteiger partial charge in [-0.1, -0.05) is 30.4 Å². The van der Waals surface area contributed by atoms with E-state index in [1.807, 2.05) is 19.1 Å². The third kappa shape index (κ3) is 7.10. The first-order valence-corrected chi connectivity index (χ1v) is 12.4. The number of nitrogens with zero attached hydrogens (tertiary/aromatic N) is 2. The van der Waals surface area contributed by atoms with Crippen molar-refractivity contribution in [3.05, 3.63) is 77.1 Å². The quantitative estimate of drug-likeness (QED) is 0.372. The highest BCUT2D eigenvalue weighted by atomic mass is 32.2. The molecule has 0 saturated carbocycles. The molecule has 0 bridgehead atoms. The van der Waals surface area contributed by atoms with Gasteiger partial charge in [0.1, 0.15) is 5.82 Å². The lowest BCUT2D eigenvalue weighted by molar-refractivity contribution is 0.599. The number of anilines is 1. The number of sulfone groups is 1. The molecular formula is C23H29FN4O2S. The monoisotopic (exact) mass is 444 g/mol. The zero-order valence-electron chi connectivity index (χ0n) is 17.9. The number of hydrogen-bond donors (Lipinski definition) is 2. The Morgan fingerprint density at radius 1 is 1.10 bits per heavy atom. The van der Waals surface area contributed by atoms with Crippen molar-refractivity contribution in [3.63, 3.8) is 0 Å². The molecule has 0 fully saturated rings. The van der Waals surface area contributed by atoms with Crippen LogP contribution < -0.4 is 15.5 Å². The molecule has 0 radical (unpaired) electrons. The van der Waals surface area contributed by atoms with Crippen LogP contribution in [0.15, 0.2) is 59.6 Å². The lowest BCUT2D eigenvalue weighted by atomic mass is 10.1. The SMILES string of the molecule is CCNC(=NCc1cccc(N2CC=CC2)c1)NCc1cc(F)ccc1CS(C)(=O)=O. The van der Waals surface area contributed by atoms with Gasteiger partial charge in [-0.05, 0) is 47.9 Å². The molecule has 2 N–H and O–H groups in total. The molecule has 0 atom stereocenters. The maximum absolute atomic E-state index is 13.8. The molecule has 3 rings (SSSR count). The largest absolute Gasteiger partial charge is 0.364 e. The summed E-state index contributed by atoms with van der Waals surface area (Å²) < 4.78 is 37.2. The second-order valence-corrected chi connectivity index (χ2v) is 9.72. The van der Waals surface area contributed by atoms with E-state index >= 15 is 0 Å². The van der Waals surface area contributed by atoms with E-state index in [0.717, 1.165) is 18.7 Å². The van der Waals surface area contributed by atoms with Crippen LogP contribution in [0.5, 0.6) is 0 Å². The summed E-state index contributed by atoms with van der Waals surface area (Å²) in [6, 6.07) is 12.5. The molecule has 0 spiro atoms. The second-order valence-electron chi connectivity index (χ2n) is 7.58. The van der Waals surface area contributed by atoms with Gasteiger partial charge in [0.2, 0.25) is 0 Å². The Morgan fingerprint density at radius 3 is 2.58 bits per heavy atom. The summed E-state index contributed by atoms with van der Waals surface area (Å²) in [4.78, 5) is 6.92. The first kappa shape index (κ1) is 22.8. The highest BCUT2D eigenvalue weighted by Crippen LogP contribution is 2.19. The van der Waals surface area contributed by atoms with Gasteiger partial charge in [0.25, 0.3) is 0 Å². The summed E-state index contributed by atoms with van der Waals surface area (Å²) in [5, 5.41) is 6.37. The number of aliphatic imine (C=N–C) groups is 1. The van der Waals surface area contributed by atoms with Crippen molar-refractivity contribution >= 4 is 21.5 Å². The minimum atomic E-state index is -3.22. The third-order valence-corrected chi connectivity index (χ3v) is 5.73. The molecule has 8 heteroatoms. The normalized spacial score (nSPS) is 14.2. The molecule has 1 aliphatic heterocycles. The minimum Gasteiger partial charge on any atom is -0.364 e. The summed E-state index contributed by atoms with van der Waals surface area (Å²) >= 11 is 0. The van der Waals surface area contributed by atoms with Gasteiger partial charge in [-0.15, -0.1) is 0 Å². The van der Waals surface area contributed by atoms with Crippen LogP contribution in [0.2, 0.25) is 0 Å². The fraction of sp³-hybridized carbons (Fsp3) is 0.348. The molecule has 31 heavy (non-hydrogen) atoms. The van der Waals surface area contributed by atoms with Crippen molar-refractivity contribution in [1.82, 2.24) is 10.6 Å². The Labute approximate surface area is 183 Å². The second kappa shape index (κ2) is 10.4. The highest BCUT2D eigenvalue weighted by Gasteiger charge is 2.12. The van der Waals surface area contributed by atoms with Gasteiger partial charge in [-0.2, -0.15) is 0 Å². The topological polar surface area (TPSA) is 73.8 Å². The minimum absolute atomic E-state index is 0.129. The maximum Gasteiger partial charge on any atom is 0.191 e. The summed E-state index contributed by atoms with van der Waals surface area (Å²) in [7, 11) is -3.22. The van der Waals surface area contributed by atoms with Crippen LogP contribution in [0.4, 0.5) is 10.1 Å². The first-order chi connectivity index (χ1) is 14.8. The van der Waals surface area contributed by atoms with Gasteiger partial charge >= 0.3 is 0 Å². The molecule has 0 aliphatic carbocycles. The average Bonchev–Trinajstić information content (AvgIpc) is 3.26. The molecule has 166 valence electrons. The van der Waals surface area contributed by atoms with Crippen LogP contribution in [-0.4, -0.2) is 40.3 Å². The van der Waals surface area contributed by atoms with Gasteiger partial charge < -0.3 is 15.5 Å². The van der Waals surface area contributed by atoms with E-state index in [1.165, 1.54) is 30.1 Å². The van der Waals surface area contributed by atoms with E-state index in [9.17, 15) is 12.8 Å². The van der Waals surface area contributed by atoms with Crippen LogP contribution in [0.1, 0.15) is 23.6 Å². The molecular weight excluding hydrogens is 415 g/mol. The fourth-order valence-electron chi connectivity index (χ4n) is 3.41. The Hall–Kier alpha value is -2.87. The van der Waals surface area contributed by atoms with Gasteiger partial charge in [0, 0.05) is 38.1 Å². The number of guanidine groups is 1. The van der Waals surface area contributed by atoms with E-state index in [1.54, 1.807) is 0 Å². The number of rotatable bonds is 8. The predicted octanol–water partition coefficient (Wildman–Crippen LogP) is 3.00. The fourth-order valence-corrected chi connectivity index (χ4v) is 4.26. The van der Waals surface area contributed by atoms with E-state index in [0.29, 0.717) is 30.2 Å². The van der Waals surface area contributed by atoms with Gasteiger partial charge in [0.05, 0.1) is 12.3 Å². The summed E-state index contributed by atoms with van der Waals surface area (Å²) in [6.07, 6.45) is 5.48. The van der Waals surface area contributed by atoms with E-state index < -0.39 is 15.7 Å². The molecule has 0 saturated heterocycles. The Kier molecular flexibility index (Phi) is 7.68. The standard InChI is InChI=1S/C23H29FN4O2S/c1-3-25-23(26-15-18-7-6-8-22(13-18)28-11-4-5-12-28)27-16-20-14-21(24)10-9-19(20)17-31(2,29)30/h4-10,13-14H,3,11-12,15-17H2,1-2H3,(H2,25,26,27). The van der Waals surface area contributed by atoms with Crippen LogP contribution in [0, 0.1) is 5.82 Å². The van der Waals surface area contributed by atoms with E-state index in [-0.39, 0.29) is 12.3 Å². The molecule has 2 aromatic carbocycles. The van der Waals surface area contributed by atoms with Gasteiger partial charge in [-0.25, -0.2) is 17.8 Å². The smallest absolute Gasteiger partial charge is 0.191 e. The average molecular weight is 445 g/mol. The van der Waals surface area contributed by atoms with E-state index in [4.69, 9.17) is 0 Å². The Balaban J connectivity index is 1.70. The first-order valence-electron chi connectivity index (χ1n) is 10.3. The van der Waals surface area contributed by atoms with Crippen molar-refractivity contribution < 1.29 is 12.8 Å². The number of nitrogens with one attached hydrogen (secondary N) is 2. The predicted molar refractivity (Wildman–Crippen MR) is 124 cm³/mol. The zero-order chi connectivity index (χ0) is 22.3. The summed E-state index contributed by atoms with van der Waals surface area (Å²) in [6.45, 7) is 5.23. The maximum atomic E-state index is 13.8. The van der Waals surface area contributed by atoms with Crippen LogP contribution in [0.3, 0.4) is 0 Å². The van der Waals surface area contributed by atoms with Crippen LogP contribution in [0.25, 0.3) is 0 Å². The molecule has 0 aromatic heterocycles. The van der Waals surface area contributed by atoms with Gasteiger partial charge in [-0.3, -0.25) is 0 Å². The van der Waals surface area contributed by atoms with Crippen molar-refractivity contribution in [3.8, 4) is 0 Å². The highest BCUT2D eigenvalue weighted by molar-refractivity contribution is 7.89. The van der Waals surface area contributed by atoms with E-state index in [2.05, 4.69) is 44.8 Å². The summed E-state index contributed by atoms with van der Waals surface area (Å²) in [5.41, 5.74) is 3.43. The van der Waals surface area contributed by atoms with Crippen molar-refractivity contribution in [2.75, 3.05) is 30.8 Å². The molecule has 2 aromatic rings. The summed E-state index contributed by atoms with van der Waals surface area (Å²) in [5.74, 6) is 0.0605. The van der Waals surface area contributed by atoms with Crippen molar-refractivity contribution in [2.24, 2.45) is 4.99 Å². The molecule has 0 unspecified atom stereocenters. The Bertz CT molecular complexity index is 1060. The number of hydrogen-bond acceptors (Lipinski definition) is 4. The molecule has 6 nitrogen and oxygen atoms in total. The Morgan fingerprint density at radius 2 is 1.87 bits per heavy atom. The lowest BCUT2D eigenvalue weighted by Gasteiger charge is -2.18. The number of benzene rings is 2.